The Morgan fingerprint density at radius 3 is 2.21 bits per heavy atom. The van der Waals surface area contributed by atoms with Crippen LogP contribution in [-0.4, -0.2) is 43.8 Å². The molecule has 0 saturated heterocycles. The molecule has 0 unspecified atom stereocenters. The van der Waals surface area contributed by atoms with Gasteiger partial charge in [-0.3, -0.25) is 0 Å². The highest BCUT2D eigenvalue weighted by Crippen LogP contribution is 2.19. The molecule has 0 aliphatic carbocycles. The fourth-order valence-corrected chi connectivity index (χ4v) is 0.974. The van der Waals surface area contributed by atoms with E-state index in [1.807, 2.05) is 13.8 Å². The molecule has 0 aromatic rings. The average molecular weight is 212 g/mol. The quantitative estimate of drug-likeness (QED) is 0.723. The van der Waals surface area contributed by atoms with Gasteiger partial charge in [0.2, 0.25) is 0 Å². The summed E-state index contributed by atoms with van der Waals surface area (Å²) in [5, 5.41) is 3.15. The lowest BCUT2D eigenvalue weighted by Crippen LogP contribution is -2.34. The van der Waals surface area contributed by atoms with Crippen LogP contribution in [0.5, 0.6) is 0 Å². The van der Waals surface area contributed by atoms with Gasteiger partial charge in [-0.15, -0.1) is 0 Å². The van der Waals surface area contributed by atoms with E-state index in [-0.39, 0.29) is 6.54 Å². The molecule has 0 radical (unpaired) electrons. The van der Waals surface area contributed by atoms with Crippen LogP contribution >= 0.6 is 0 Å². The first-order valence-corrected chi connectivity index (χ1v) is 4.80. The van der Waals surface area contributed by atoms with Crippen LogP contribution in [0.2, 0.25) is 0 Å². The van der Waals surface area contributed by atoms with Crippen molar-refractivity contribution in [3.63, 3.8) is 0 Å². The molecule has 0 bridgehead atoms. The Morgan fingerprint density at radius 2 is 1.79 bits per heavy atom. The summed E-state index contributed by atoms with van der Waals surface area (Å²) in [6.07, 6.45) is -4.77. The molecular weight excluding hydrogens is 193 g/mol. The largest absolute Gasteiger partial charge is 0.390 e. The van der Waals surface area contributed by atoms with Crippen molar-refractivity contribution in [3.05, 3.63) is 0 Å². The van der Waals surface area contributed by atoms with Crippen LogP contribution in [0.15, 0.2) is 0 Å². The first kappa shape index (κ1) is 13.7. The van der Waals surface area contributed by atoms with E-state index in [1.54, 1.807) is 11.9 Å². The normalized spacial score (nSPS) is 12.9. The van der Waals surface area contributed by atoms with Gasteiger partial charge < -0.3 is 10.2 Å². The van der Waals surface area contributed by atoms with E-state index in [0.717, 1.165) is 6.54 Å². The molecule has 2 nitrogen and oxygen atoms in total. The molecule has 0 rings (SSSR count). The van der Waals surface area contributed by atoms with Gasteiger partial charge in [-0.1, -0.05) is 13.8 Å². The summed E-state index contributed by atoms with van der Waals surface area (Å²) in [7, 11) is 1.70. The Balaban J connectivity index is 3.42. The monoisotopic (exact) mass is 212 g/mol. The zero-order valence-corrected chi connectivity index (χ0v) is 8.99. The Hall–Kier alpha value is -0.290. The summed E-state index contributed by atoms with van der Waals surface area (Å²) in [5.74, 6) is 0. The van der Waals surface area contributed by atoms with Gasteiger partial charge in [0.1, 0.15) is 0 Å². The van der Waals surface area contributed by atoms with Crippen LogP contribution in [0.3, 0.4) is 0 Å². The summed E-state index contributed by atoms with van der Waals surface area (Å²) < 4.78 is 35.5. The minimum atomic E-state index is -4.04. The van der Waals surface area contributed by atoms with E-state index in [4.69, 9.17) is 0 Å². The van der Waals surface area contributed by atoms with Crippen molar-refractivity contribution >= 4 is 0 Å². The molecule has 0 atom stereocenters. The lowest BCUT2D eigenvalue weighted by atomic mass is 10.3. The topological polar surface area (TPSA) is 15.3 Å². The van der Waals surface area contributed by atoms with Gasteiger partial charge >= 0.3 is 6.18 Å². The second kappa shape index (κ2) is 6.24. The zero-order valence-electron chi connectivity index (χ0n) is 8.99. The smallest absolute Gasteiger partial charge is 0.313 e. The van der Waals surface area contributed by atoms with Crippen molar-refractivity contribution in [3.8, 4) is 0 Å². The van der Waals surface area contributed by atoms with E-state index < -0.39 is 12.6 Å². The maximum absolute atomic E-state index is 11.8. The minimum Gasteiger partial charge on any atom is -0.313 e. The first-order chi connectivity index (χ1) is 6.31. The third-order valence-corrected chi connectivity index (χ3v) is 1.82. The highest BCUT2D eigenvalue weighted by molar-refractivity contribution is 4.60. The molecule has 0 heterocycles. The lowest BCUT2D eigenvalue weighted by molar-refractivity contribution is -0.137. The molecule has 1 N–H and O–H groups in total. The Morgan fingerprint density at radius 1 is 1.21 bits per heavy atom. The van der Waals surface area contributed by atoms with Gasteiger partial charge in [-0.05, 0) is 7.05 Å². The second-order valence-corrected chi connectivity index (χ2v) is 3.78. The zero-order chi connectivity index (χ0) is 11.2. The predicted octanol–water partition coefficient (Wildman–Crippen LogP) is 1.87. The van der Waals surface area contributed by atoms with Gasteiger partial charge in [0, 0.05) is 25.7 Å². The van der Waals surface area contributed by atoms with Crippen LogP contribution in [-0.2, 0) is 0 Å². The fraction of sp³-hybridized carbons (Fsp3) is 1.00. The van der Waals surface area contributed by atoms with E-state index in [9.17, 15) is 13.2 Å². The highest BCUT2D eigenvalue weighted by Gasteiger charge is 2.26. The molecule has 86 valence electrons. The van der Waals surface area contributed by atoms with Crippen molar-refractivity contribution in [2.24, 2.45) is 0 Å². The third kappa shape index (κ3) is 9.80. The lowest BCUT2D eigenvalue weighted by Gasteiger charge is -2.18. The Bertz CT molecular complexity index is 145. The van der Waals surface area contributed by atoms with Crippen LogP contribution in [0, 0.1) is 0 Å². The van der Waals surface area contributed by atoms with Crippen molar-refractivity contribution in [1.82, 2.24) is 10.2 Å². The SMILES string of the molecule is CC(C)NCCN(C)CCC(F)(F)F. The van der Waals surface area contributed by atoms with Crippen LogP contribution in [0.4, 0.5) is 13.2 Å². The summed E-state index contributed by atoms with van der Waals surface area (Å²) >= 11 is 0. The molecule has 0 saturated carbocycles. The van der Waals surface area contributed by atoms with E-state index in [0.29, 0.717) is 12.6 Å². The first-order valence-electron chi connectivity index (χ1n) is 4.80. The van der Waals surface area contributed by atoms with Crippen LogP contribution in [0.25, 0.3) is 0 Å². The Labute approximate surface area is 83.5 Å². The molecule has 0 aliphatic heterocycles. The highest BCUT2D eigenvalue weighted by atomic mass is 19.4. The van der Waals surface area contributed by atoms with Gasteiger partial charge in [0.05, 0.1) is 6.42 Å². The average Bonchev–Trinajstić information content (AvgIpc) is 1.99. The van der Waals surface area contributed by atoms with E-state index in [2.05, 4.69) is 5.32 Å². The summed E-state index contributed by atoms with van der Waals surface area (Å²) in [5.41, 5.74) is 0. The molecule has 0 fully saturated rings. The maximum atomic E-state index is 11.8. The fourth-order valence-electron chi connectivity index (χ4n) is 0.974. The Kier molecular flexibility index (Phi) is 6.11. The molecule has 0 spiro atoms. The van der Waals surface area contributed by atoms with Crippen molar-refractivity contribution in [2.45, 2.75) is 32.5 Å². The standard InChI is InChI=1S/C9H19F3N2/c1-8(2)13-5-7-14(3)6-4-9(10,11)12/h8,13H,4-7H2,1-3H3. The van der Waals surface area contributed by atoms with E-state index >= 15 is 0 Å². The number of hydrogen-bond acceptors (Lipinski definition) is 2. The predicted molar refractivity (Wildman–Crippen MR) is 51.3 cm³/mol. The van der Waals surface area contributed by atoms with Crippen molar-refractivity contribution in [1.29, 1.82) is 0 Å². The van der Waals surface area contributed by atoms with Gasteiger partial charge in [0.25, 0.3) is 0 Å². The number of rotatable bonds is 6. The molecule has 0 aromatic heterocycles. The molecule has 0 amide bonds. The number of nitrogens with one attached hydrogen (secondary N) is 1. The van der Waals surface area contributed by atoms with Gasteiger partial charge in [-0.2, -0.15) is 13.2 Å². The summed E-state index contributed by atoms with van der Waals surface area (Å²) in [4.78, 5) is 1.68. The number of nitrogens with zero attached hydrogens (tertiary/aromatic N) is 1. The third-order valence-electron chi connectivity index (χ3n) is 1.82. The number of likely N-dealkylation sites (N-methyl/N-ethyl adjacent to an activating group) is 1. The molecule has 0 aliphatic rings. The van der Waals surface area contributed by atoms with Crippen LogP contribution in [0.1, 0.15) is 20.3 Å². The van der Waals surface area contributed by atoms with Crippen LogP contribution < -0.4 is 5.32 Å². The van der Waals surface area contributed by atoms with Gasteiger partial charge in [0.15, 0.2) is 0 Å². The second-order valence-electron chi connectivity index (χ2n) is 3.78. The number of hydrogen-bond donors (Lipinski definition) is 1. The van der Waals surface area contributed by atoms with Crippen molar-refractivity contribution in [2.75, 3.05) is 26.7 Å². The molecule has 14 heavy (non-hydrogen) atoms. The summed E-state index contributed by atoms with van der Waals surface area (Å²) in [6, 6.07) is 0.381. The van der Waals surface area contributed by atoms with Crippen molar-refractivity contribution < 1.29 is 13.2 Å². The summed E-state index contributed by atoms with van der Waals surface area (Å²) in [6.45, 7) is 5.47. The minimum absolute atomic E-state index is 0.0727. The molecule has 0 aromatic carbocycles. The van der Waals surface area contributed by atoms with Gasteiger partial charge in [-0.25, -0.2) is 0 Å². The maximum Gasteiger partial charge on any atom is 0.390 e. The number of halogens is 3. The molecular formula is C9H19F3N2. The van der Waals surface area contributed by atoms with E-state index in [1.165, 1.54) is 0 Å². The number of alkyl halides is 3. The molecule has 5 heteroatoms.